The van der Waals surface area contributed by atoms with E-state index in [0.29, 0.717) is 13.2 Å². The van der Waals surface area contributed by atoms with Crippen LogP contribution in [0.3, 0.4) is 0 Å². The number of likely N-dealkylation sites (N-methyl/N-ethyl adjacent to an activating group) is 1. The predicted molar refractivity (Wildman–Crippen MR) is 98.0 cm³/mol. The summed E-state index contributed by atoms with van der Waals surface area (Å²) in [6.45, 7) is 2.36. The molecule has 0 saturated carbocycles. The molecule has 1 aromatic heterocycles. The summed E-state index contributed by atoms with van der Waals surface area (Å²) in [5, 5.41) is 8.02. The van der Waals surface area contributed by atoms with Crippen LogP contribution >= 0.6 is 0 Å². The van der Waals surface area contributed by atoms with Crippen molar-refractivity contribution in [3.8, 4) is 5.75 Å². The highest BCUT2D eigenvalue weighted by Crippen LogP contribution is 2.25. The first-order chi connectivity index (χ1) is 12.6. The Labute approximate surface area is 153 Å². The van der Waals surface area contributed by atoms with Gasteiger partial charge in [-0.05, 0) is 29.7 Å². The molecule has 7 nitrogen and oxygen atoms in total. The molecule has 2 heterocycles. The third kappa shape index (κ3) is 4.42. The van der Waals surface area contributed by atoms with Gasteiger partial charge in [0.2, 0.25) is 5.91 Å². The zero-order valence-electron chi connectivity index (χ0n) is 15.6. The molecule has 0 saturated heterocycles. The van der Waals surface area contributed by atoms with Crippen molar-refractivity contribution in [2.75, 3.05) is 34.4 Å². The van der Waals surface area contributed by atoms with Crippen LogP contribution in [0.15, 0.2) is 30.5 Å². The maximum Gasteiger partial charge on any atom is 0.243 e. The number of nitrogens with zero attached hydrogens (tertiary/aromatic N) is 3. The molecule has 3 rings (SSSR count). The van der Waals surface area contributed by atoms with Gasteiger partial charge in [-0.25, -0.2) is 0 Å². The largest absolute Gasteiger partial charge is 0.497 e. The molecule has 0 spiro atoms. The van der Waals surface area contributed by atoms with Gasteiger partial charge in [0.25, 0.3) is 0 Å². The van der Waals surface area contributed by atoms with Crippen molar-refractivity contribution in [1.82, 2.24) is 20.0 Å². The third-order valence-corrected chi connectivity index (χ3v) is 4.48. The molecule has 2 aromatic rings. The van der Waals surface area contributed by atoms with Crippen LogP contribution < -0.4 is 10.1 Å². The number of carbonyl (C=O) groups excluding carboxylic acids is 1. The Morgan fingerprint density at radius 3 is 2.85 bits per heavy atom. The normalized spacial score (nSPS) is 16.2. The van der Waals surface area contributed by atoms with E-state index in [1.165, 1.54) is 11.1 Å². The van der Waals surface area contributed by atoms with E-state index in [0.717, 1.165) is 24.4 Å². The Balaban J connectivity index is 1.58. The molecule has 26 heavy (non-hydrogen) atoms. The molecule has 1 atom stereocenters. The molecule has 1 aliphatic heterocycles. The van der Waals surface area contributed by atoms with Gasteiger partial charge in [-0.3, -0.25) is 9.48 Å². The standard InChI is InChI=1S/C19H26N4O3/c1-22(2)18(24)13-23-12-15-8-9-26-17(19(15)21-23)11-20-10-14-4-6-16(25-3)7-5-14/h4-7,12,17,20H,8-11,13H2,1-3H3/t17-/m1/s1. The molecule has 0 fully saturated rings. The van der Waals surface area contributed by atoms with Crippen LogP contribution in [0.25, 0.3) is 0 Å². The second kappa shape index (κ2) is 8.33. The highest BCUT2D eigenvalue weighted by atomic mass is 16.5. The van der Waals surface area contributed by atoms with Crippen molar-refractivity contribution in [2.24, 2.45) is 0 Å². The van der Waals surface area contributed by atoms with Gasteiger partial charge >= 0.3 is 0 Å². The van der Waals surface area contributed by atoms with E-state index < -0.39 is 0 Å². The number of fused-ring (bicyclic) bond motifs is 1. The number of hydrogen-bond acceptors (Lipinski definition) is 5. The minimum absolute atomic E-state index is 0.0277. The zero-order chi connectivity index (χ0) is 18.5. The smallest absolute Gasteiger partial charge is 0.243 e. The van der Waals surface area contributed by atoms with E-state index in [1.54, 1.807) is 30.8 Å². The van der Waals surface area contributed by atoms with E-state index in [4.69, 9.17) is 9.47 Å². The lowest BCUT2D eigenvalue weighted by Gasteiger charge is -2.22. The lowest BCUT2D eigenvalue weighted by molar-refractivity contribution is -0.129. The molecular formula is C19H26N4O3. The van der Waals surface area contributed by atoms with Gasteiger partial charge in [0, 0.05) is 33.4 Å². The molecule has 140 valence electrons. The molecule has 0 radical (unpaired) electrons. The van der Waals surface area contributed by atoms with Gasteiger partial charge in [0.05, 0.1) is 19.4 Å². The summed E-state index contributed by atoms with van der Waals surface area (Å²) >= 11 is 0. The molecular weight excluding hydrogens is 332 g/mol. The number of aromatic nitrogens is 2. The first-order valence-electron chi connectivity index (χ1n) is 8.78. The van der Waals surface area contributed by atoms with Crippen molar-refractivity contribution < 1.29 is 14.3 Å². The first-order valence-corrected chi connectivity index (χ1v) is 8.78. The van der Waals surface area contributed by atoms with Crippen LogP contribution in [-0.4, -0.2) is 54.9 Å². The quantitative estimate of drug-likeness (QED) is 0.810. The lowest BCUT2D eigenvalue weighted by Crippen LogP contribution is -2.28. The summed E-state index contributed by atoms with van der Waals surface area (Å²) in [6.07, 6.45) is 2.71. The molecule has 7 heteroatoms. The molecule has 1 aliphatic rings. The fraction of sp³-hybridized carbons (Fsp3) is 0.474. The summed E-state index contributed by atoms with van der Waals surface area (Å²) in [5.74, 6) is 0.881. The minimum Gasteiger partial charge on any atom is -0.497 e. The van der Waals surface area contributed by atoms with Crippen LogP contribution in [-0.2, 0) is 29.0 Å². The Hall–Kier alpha value is -2.38. The summed E-state index contributed by atoms with van der Waals surface area (Å²) in [4.78, 5) is 13.5. The van der Waals surface area contributed by atoms with Gasteiger partial charge in [-0.1, -0.05) is 12.1 Å². The number of hydrogen-bond donors (Lipinski definition) is 1. The summed E-state index contributed by atoms with van der Waals surface area (Å²) in [7, 11) is 5.16. The van der Waals surface area contributed by atoms with Crippen molar-refractivity contribution in [3.05, 3.63) is 47.3 Å². The van der Waals surface area contributed by atoms with Gasteiger partial charge in [0.1, 0.15) is 18.4 Å². The van der Waals surface area contributed by atoms with E-state index in [-0.39, 0.29) is 18.6 Å². The average molecular weight is 358 g/mol. The van der Waals surface area contributed by atoms with Crippen LogP contribution in [0.4, 0.5) is 0 Å². The molecule has 1 aromatic carbocycles. The summed E-state index contributed by atoms with van der Waals surface area (Å²) in [6, 6.07) is 7.99. The predicted octanol–water partition coefficient (Wildman–Crippen LogP) is 1.38. The number of rotatable bonds is 7. The second-order valence-electron chi connectivity index (χ2n) is 6.61. The number of nitrogens with one attached hydrogen (secondary N) is 1. The van der Waals surface area contributed by atoms with Gasteiger partial charge in [-0.15, -0.1) is 0 Å². The van der Waals surface area contributed by atoms with Crippen molar-refractivity contribution in [1.29, 1.82) is 0 Å². The van der Waals surface area contributed by atoms with E-state index in [9.17, 15) is 4.79 Å². The number of benzene rings is 1. The highest BCUT2D eigenvalue weighted by molar-refractivity contribution is 5.75. The Morgan fingerprint density at radius 1 is 1.38 bits per heavy atom. The van der Waals surface area contributed by atoms with E-state index in [1.807, 2.05) is 30.5 Å². The topological polar surface area (TPSA) is 68.6 Å². The SMILES string of the molecule is COc1ccc(CNC[C@H]2OCCc3cn(CC(=O)N(C)C)nc32)cc1. The van der Waals surface area contributed by atoms with E-state index in [2.05, 4.69) is 10.4 Å². The first kappa shape index (κ1) is 18.4. The fourth-order valence-electron chi connectivity index (χ4n) is 2.94. The maximum atomic E-state index is 11.9. The van der Waals surface area contributed by atoms with E-state index >= 15 is 0 Å². The summed E-state index contributed by atoms with van der Waals surface area (Å²) in [5.41, 5.74) is 3.29. The van der Waals surface area contributed by atoms with Crippen molar-refractivity contribution in [3.63, 3.8) is 0 Å². The van der Waals surface area contributed by atoms with Crippen LogP contribution in [0.2, 0.25) is 0 Å². The average Bonchev–Trinajstić information content (AvgIpc) is 3.05. The molecule has 0 unspecified atom stereocenters. The van der Waals surface area contributed by atoms with Crippen LogP contribution in [0, 0.1) is 0 Å². The number of amides is 1. The van der Waals surface area contributed by atoms with Crippen LogP contribution in [0.5, 0.6) is 5.75 Å². The molecule has 1 N–H and O–H groups in total. The van der Waals surface area contributed by atoms with Crippen molar-refractivity contribution >= 4 is 5.91 Å². The molecule has 1 amide bonds. The maximum absolute atomic E-state index is 11.9. The zero-order valence-corrected chi connectivity index (χ0v) is 15.6. The minimum atomic E-state index is -0.0901. The number of ether oxygens (including phenoxy) is 2. The molecule has 0 aliphatic carbocycles. The molecule has 0 bridgehead atoms. The Morgan fingerprint density at radius 2 is 2.15 bits per heavy atom. The highest BCUT2D eigenvalue weighted by Gasteiger charge is 2.25. The Kier molecular flexibility index (Phi) is 5.90. The second-order valence-corrected chi connectivity index (χ2v) is 6.61. The van der Waals surface area contributed by atoms with Gasteiger partial charge < -0.3 is 19.7 Å². The fourth-order valence-corrected chi connectivity index (χ4v) is 2.94. The Bertz CT molecular complexity index is 740. The number of methoxy groups -OCH3 is 1. The van der Waals surface area contributed by atoms with Crippen LogP contribution in [0.1, 0.15) is 22.9 Å². The van der Waals surface area contributed by atoms with Gasteiger partial charge in [-0.2, -0.15) is 5.10 Å². The van der Waals surface area contributed by atoms with Gasteiger partial charge in [0.15, 0.2) is 0 Å². The lowest BCUT2D eigenvalue weighted by atomic mass is 10.1. The van der Waals surface area contributed by atoms with Crippen molar-refractivity contribution in [2.45, 2.75) is 25.6 Å². The number of carbonyl (C=O) groups is 1. The monoisotopic (exact) mass is 358 g/mol. The third-order valence-electron chi connectivity index (χ3n) is 4.48. The summed E-state index contributed by atoms with van der Waals surface area (Å²) < 4.78 is 12.8.